The third-order valence-electron chi connectivity index (χ3n) is 0. The summed E-state index contributed by atoms with van der Waals surface area (Å²) in [6.07, 6.45) is 0. The summed E-state index contributed by atoms with van der Waals surface area (Å²) in [7, 11) is 0.417. The van der Waals surface area contributed by atoms with Gasteiger partial charge in [-0.1, -0.05) is 13.1 Å². The van der Waals surface area contributed by atoms with Crippen molar-refractivity contribution >= 4 is 9.52 Å². The Hall–Kier alpha value is -0.0431. The highest BCUT2D eigenvalue weighted by atomic mass is 28.2. The Kier molecular flexibility index (Phi) is 67.1. The van der Waals surface area contributed by atoms with Crippen molar-refractivity contribution in [3.05, 3.63) is 13.2 Å². The summed E-state index contributed by atoms with van der Waals surface area (Å²) in [5.74, 6) is 0. The quantitative estimate of drug-likeness (QED) is 0.307. The fourth-order valence-corrected chi connectivity index (χ4v) is 0. The molecule has 0 aromatic rings. The highest BCUT2D eigenvalue weighted by Crippen LogP contribution is 1.36. The van der Waals surface area contributed by atoms with E-state index in [1.165, 1.54) is 0 Å². The van der Waals surface area contributed by atoms with Crippen molar-refractivity contribution in [2.45, 2.75) is 13.1 Å². The van der Waals surface area contributed by atoms with Crippen LogP contribution in [0.5, 0.6) is 0 Å². The molecule has 0 radical (unpaired) electrons. The van der Waals surface area contributed by atoms with Crippen molar-refractivity contribution < 1.29 is 0 Å². The van der Waals surface area contributed by atoms with Crippen molar-refractivity contribution in [3.8, 4) is 0 Å². The van der Waals surface area contributed by atoms with Gasteiger partial charge in [0.25, 0.3) is 0 Å². The van der Waals surface area contributed by atoms with Crippen LogP contribution in [0.2, 0.25) is 13.1 Å². The van der Waals surface area contributed by atoms with Gasteiger partial charge in [-0.25, -0.2) is 0 Å². The van der Waals surface area contributed by atoms with Crippen LogP contribution in [0.15, 0.2) is 13.2 Å². The van der Waals surface area contributed by atoms with E-state index in [0.29, 0.717) is 9.52 Å². The van der Waals surface area contributed by atoms with Crippen LogP contribution in [0.1, 0.15) is 0 Å². The molecule has 0 rings (SSSR count). The van der Waals surface area contributed by atoms with Gasteiger partial charge in [0.2, 0.25) is 0 Å². The molecule has 0 nitrogen and oxygen atoms in total. The molecule has 0 saturated heterocycles. The van der Waals surface area contributed by atoms with Crippen LogP contribution in [-0.4, -0.2) is 9.52 Å². The van der Waals surface area contributed by atoms with Gasteiger partial charge in [-0.2, -0.15) is 0 Å². The first-order valence-electron chi connectivity index (χ1n) is 1.91. The van der Waals surface area contributed by atoms with E-state index in [1.54, 1.807) is 0 Å². The lowest BCUT2D eigenvalue weighted by Gasteiger charge is -1.45. The summed E-state index contributed by atoms with van der Waals surface area (Å²) >= 11 is 0. The molecule has 0 amide bonds. The van der Waals surface area contributed by atoms with E-state index in [9.17, 15) is 0 Å². The zero-order chi connectivity index (χ0) is 4.71. The third kappa shape index (κ3) is 8150. The average molecular weight is 88.2 g/mol. The van der Waals surface area contributed by atoms with E-state index >= 15 is 0 Å². The van der Waals surface area contributed by atoms with E-state index < -0.39 is 0 Å². The molecule has 0 atom stereocenters. The SMILES string of the molecule is C=C.C[SiH2]C. The molecule has 0 unspecified atom stereocenters. The second-order valence-corrected chi connectivity index (χ2v) is 2.12. The molecule has 0 aliphatic heterocycles. The zero-order valence-electron chi connectivity index (χ0n) is 4.12. The Labute approximate surface area is 36.7 Å². The van der Waals surface area contributed by atoms with Crippen molar-refractivity contribution in [1.29, 1.82) is 0 Å². The van der Waals surface area contributed by atoms with E-state index in [0.717, 1.165) is 0 Å². The average Bonchev–Trinajstić information content (AvgIpc) is 1.46. The molecule has 0 bridgehead atoms. The number of hydrogen-bond donors (Lipinski definition) is 0. The second-order valence-electron chi connectivity index (χ2n) is 0.707. The maximum atomic E-state index is 3.00. The fraction of sp³-hybridized carbons (Fsp3) is 0.500. The van der Waals surface area contributed by atoms with Crippen LogP contribution in [-0.2, 0) is 0 Å². The minimum Gasteiger partial charge on any atom is -0.106 e. The topological polar surface area (TPSA) is 0 Å². The fourth-order valence-electron chi connectivity index (χ4n) is 0. The van der Waals surface area contributed by atoms with Gasteiger partial charge in [-0.3, -0.25) is 0 Å². The van der Waals surface area contributed by atoms with Crippen molar-refractivity contribution in [2.75, 3.05) is 0 Å². The lowest BCUT2D eigenvalue weighted by Crippen LogP contribution is -1.53. The van der Waals surface area contributed by atoms with Crippen LogP contribution < -0.4 is 0 Å². The van der Waals surface area contributed by atoms with Crippen LogP contribution >= 0.6 is 0 Å². The van der Waals surface area contributed by atoms with Gasteiger partial charge in [-0.15, -0.1) is 13.2 Å². The monoisotopic (exact) mass is 88.1 g/mol. The van der Waals surface area contributed by atoms with E-state index in [-0.39, 0.29) is 0 Å². The Morgan fingerprint density at radius 1 is 1.20 bits per heavy atom. The Balaban J connectivity index is 0. The standard InChI is InChI=1S/C2H8Si.C2H4/c1-3-2;1-2/h3H2,1-2H3;1-2H2. The first-order chi connectivity index (χ1) is 2.41. The molecular formula is C4H12Si. The third-order valence-corrected chi connectivity index (χ3v) is 0. The summed E-state index contributed by atoms with van der Waals surface area (Å²) in [6, 6.07) is 0. The predicted molar refractivity (Wildman–Crippen MR) is 31.5 cm³/mol. The highest BCUT2D eigenvalue weighted by Gasteiger charge is 1.38. The Bertz CT molecular complexity index is 7.61. The Morgan fingerprint density at radius 2 is 1.20 bits per heavy atom. The minimum absolute atomic E-state index is 0.417. The van der Waals surface area contributed by atoms with Crippen molar-refractivity contribution in [1.82, 2.24) is 0 Å². The first kappa shape index (κ1) is 8.88. The molecule has 0 heterocycles. The van der Waals surface area contributed by atoms with Crippen LogP contribution in [0.4, 0.5) is 0 Å². The van der Waals surface area contributed by atoms with Gasteiger partial charge >= 0.3 is 0 Å². The molecule has 0 aliphatic rings. The molecule has 1 heteroatoms. The molecule has 0 fully saturated rings. The van der Waals surface area contributed by atoms with Crippen LogP contribution in [0.25, 0.3) is 0 Å². The largest absolute Gasteiger partial charge is 0.106 e. The molecule has 0 saturated carbocycles. The lowest BCUT2D eigenvalue weighted by atomic mass is 11.3. The summed E-state index contributed by atoms with van der Waals surface area (Å²) in [4.78, 5) is 0. The zero-order valence-corrected chi connectivity index (χ0v) is 5.54. The van der Waals surface area contributed by atoms with E-state index in [4.69, 9.17) is 0 Å². The van der Waals surface area contributed by atoms with Crippen molar-refractivity contribution in [2.24, 2.45) is 0 Å². The molecule has 0 aromatic carbocycles. The molecular weight excluding hydrogens is 76.1 g/mol. The minimum atomic E-state index is 0.417. The van der Waals surface area contributed by atoms with Gasteiger partial charge < -0.3 is 0 Å². The Morgan fingerprint density at radius 3 is 1.20 bits per heavy atom. The summed E-state index contributed by atoms with van der Waals surface area (Å²) in [6.45, 7) is 10.5. The molecule has 0 aromatic heterocycles. The second kappa shape index (κ2) is 37.8. The first-order valence-corrected chi connectivity index (χ1v) is 4.74. The molecule has 32 valence electrons. The maximum absolute atomic E-state index is 3.00. The van der Waals surface area contributed by atoms with E-state index in [2.05, 4.69) is 26.3 Å². The lowest BCUT2D eigenvalue weighted by molar-refractivity contribution is 2.14. The molecule has 5 heavy (non-hydrogen) atoms. The van der Waals surface area contributed by atoms with Crippen molar-refractivity contribution in [3.63, 3.8) is 0 Å². The maximum Gasteiger partial charge on any atom is 0.0135 e. The summed E-state index contributed by atoms with van der Waals surface area (Å²) in [5.41, 5.74) is 0. The van der Waals surface area contributed by atoms with Gasteiger partial charge in [-0.05, 0) is 0 Å². The van der Waals surface area contributed by atoms with Crippen LogP contribution in [0, 0.1) is 0 Å². The smallest absolute Gasteiger partial charge is 0.0135 e. The summed E-state index contributed by atoms with van der Waals surface area (Å²) in [5, 5.41) is 0. The predicted octanol–water partition coefficient (Wildman–Crippen LogP) is 1.05. The van der Waals surface area contributed by atoms with Gasteiger partial charge in [0.05, 0.1) is 0 Å². The van der Waals surface area contributed by atoms with Gasteiger partial charge in [0.15, 0.2) is 0 Å². The molecule has 0 N–H and O–H groups in total. The van der Waals surface area contributed by atoms with Gasteiger partial charge in [0.1, 0.15) is 0 Å². The van der Waals surface area contributed by atoms with E-state index in [1.807, 2.05) is 0 Å². The normalized spacial score (nSPS) is 4.40. The van der Waals surface area contributed by atoms with Gasteiger partial charge in [0, 0.05) is 9.52 Å². The number of hydrogen-bond acceptors (Lipinski definition) is 0. The molecule has 0 spiro atoms. The molecule has 0 aliphatic carbocycles. The number of rotatable bonds is 0. The summed E-state index contributed by atoms with van der Waals surface area (Å²) < 4.78 is 0. The van der Waals surface area contributed by atoms with Crippen LogP contribution in [0.3, 0.4) is 0 Å². The highest BCUT2D eigenvalue weighted by molar-refractivity contribution is 6.31.